The van der Waals surface area contributed by atoms with Crippen molar-refractivity contribution in [3.05, 3.63) is 24.4 Å². The molecule has 3 heterocycles. The lowest BCUT2D eigenvalue weighted by molar-refractivity contribution is 0.428. The maximum Gasteiger partial charge on any atom is 0.262 e. The van der Waals surface area contributed by atoms with E-state index in [0.29, 0.717) is 5.65 Å². The van der Waals surface area contributed by atoms with Crippen LogP contribution >= 0.6 is 0 Å². The first-order chi connectivity index (χ1) is 9.81. The van der Waals surface area contributed by atoms with Crippen LogP contribution in [-0.2, 0) is 19.9 Å². The van der Waals surface area contributed by atoms with Crippen LogP contribution in [0.2, 0.25) is 0 Å². The number of hydrogen-bond donors (Lipinski definition) is 1. The Hall–Kier alpha value is -1.65. The molecule has 0 saturated carbocycles. The molecule has 0 bridgehead atoms. The van der Waals surface area contributed by atoms with Crippen molar-refractivity contribution < 1.29 is 16.8 Å². The summed E-state index contributed by atoms with van der Waals surface area (Å²) in [6, 6.07) is 5.05. The number of sulfone groups is 1. The van der Waals surface area contributed by atoms with E-state index in [1.54, 1.807) is 24.4 Å². The van der Waals surface area contributed by atoms with Gasteiger partial charge < -0.3 is 5.73 Å². The van der Waals surface area contributed by atoms with Crippen molar-refractivity contribution in [2.24, 2.45) is 0 Å². The van der Waals surface area contributed by atoms with E-state index in [9.17, 15) is 16.8 Å². The molecule has 2 aromatic heterocycles. The minimum Gasteiger partial charge on any atom is -0.381 e. The topological polar surface area (TPSA) is 115 Å². The molecule has 2 N–H and O–H groups in total. The second-order valence-electron chi connectivity index (χ2n) is 4.79. The SMILES string of the molecule is Nc1nc2ccccn2c1S(=O)(=O)N1CCS(=O)(=O)CC1. The van der Waals surface area contributed by atoms with Crippen LogP contribution in [0.1, 0.15) is 0 Å². The van der Waals surface area contributed by atoms with Crippen LogP contribution in [-0.4, -0.2) is 55.1 Å². The van der Waals surface area contributed by atoms with Crippen LogP contribution in [0.5, 0.6) is 0 Å². The van der Waals surface area contributed by atoms with Gasteiger partial charge >= 0.3 is 0 Å². The van der Waals surface area contributed by atoms with Gasteiger partial charge in [-0.1, -0.05) is 6.07 Å². The highest BCUT2D eigenvalue weighted by molar-refractivity contribution is 7.92. The number of nitrogen functional groups attached to an aromatic ring is 1. The largest absolute Gasteiger partial charge is 0.381 e. The Kier molecular flexibility index (Phi) is 3.19. The quantitative estimate of drug-likeness (QED) is 0.781. The molecular formula is C11H14N4O4S2. The first-order valence-corrected chi connectivity index (χ1v) is 9.50. The zero-order chi connectivity index (χ0) is 15.3. The number of rotatable bonds is 2. The average Bonchev–Trinajstić information content (AvgIpc) is 2.74. The summed E-state index contributed by atoms with van der Waals surface area (Å²) in [4.78, 5) is 4.02. The van der Waals surface area contributed by atoms with Crippen molar-refractivity contribution in [2.75, 3.05) is 30.3 Å². The lowest BCUT2D eigenvalue weighted by Crippen LogP contribution is -2.44. The van der Waals surface area contributed by atoms with Crippen molar-refractivity contribution in [1.29, 1.82) is 0 Å². The van der Waals surface area contributed by atoms with Gasteiger partial charge in [-0.2, -0.15) is 4.31 Å². The van der Waals surface area contributed by atoms with Gasteiger partial charge in [0.1, 0.15) is 5.65 Å². The van der Waals surface area contributed by atoms with Crippen molar-refractivity contribution in [2.45, 2.75) is 5.03 Å². The van der Waals surface area contributed by atoms with E-state index in [4.69, 9.17) is 5.73 Å². The maximum absolute atomic E-state index is 12.7. The monoisotopic (exact) mass is 330 g/mol. The Morgan fingerprint density at radius 1 is 1.19 bits per heavy atom. The lowest BCUT2D eigenvalue weighted by Gasteiger charge is -2.25. The Morgan fingerprint density at radius 2 is 1.86 bits per heavy atom. The standard InChI is InChI=1S/C11H14N4O4S2/c12-10-11(15-4-2-1-3-9(15)13-10)21(18,19)14-5-7-20(16,17)8-6-14/h1-4H,5-8,12H2. The molecule has 0 radical (unpaired) electrons. The number of nitrogens with zero attached hydrogens (tertiary/aromatic N) is 3. The van der Waals surface area contributed by atoms with E-state index < -0.39 is 19.9 Å². The number of sulfonamides is 1. The second-order valence-corrected chi connectivity index (χ2v) is 8.94. The molecule has 1 aliphatic heterocycles. The van der Waals surface area contributed by atoms with Crippen molar-refractivity contribution >= 4 is 31.3 Å². The summed E-state index contributed by atoms with van der Waals surface area (Å²) in [6.07, 6.45) is 1.56. The first-order valence-electron chi connectivity index (χ1n) is 6.24. The number of aromatic nitrogens is 2. The van der Waals surface area contributed by atoms with Crippen LogP contribution in [0.25, 0.3) is 5.65 Å². The third-order valence-corrected chi connectivity index (χ3v) is 6.95. The van der Waals surface area contributed by atoms with E-state index in [1.165, 1.54) is 4.40 Å². The van der Waals surface area contributed by atoms with Crippen LogP contribution in [0.4, 0.5) is 5.82 Å². The molecule has 114 valence electrons. The van der Waals surface area contributed by atoms with Crippen LogP contribution < -0.4 is 5.73 Å². The second kappa shape index (κ2) is 4.68. The fourth-order valence-corrected chi connectivity index (χ4v) is 5.36. The fourth-order valence-electron chi connectivity index (χ4n) is 2.31. The predicted octanol–water partition coefficient (Wildman–Crippen LogP) is -0.664. The normalized spacial score (nSPS) is 19.8. The zero-order valence-corrected chi connectivity index (χ0v) is 12.6. The van der Waals surface area contributed by atoms with Crippen LogP contribution in [0, 0.1) is 0 Å². The molecule has 0 unspecified atom stereocenters. The van der Waals surface area contributed by atoms with Crippen molar-refractivity contribution in [3.8, 4) is 0 Å². The summed E-state index contributed by atoms with van der Waals surface area (Å²) in [5.74, 6) is -0.444. The Labute approximate surface area is 122 Å². The highest BCUT2D eigenvalue weighted by atomic mass is 32.2. The van der Waals surface area contributed by atoms with Gasteiger partial charge in [0.2, 0.25) is 0 Å². The smallest absolute Gasteiger partial charge is 0.262 e. The van der Waals surface area contributed by atoms with E-state index >= 15 is 0 Å². The molecule has 0 aromatic carbocycles. The van der Waals surface area contributed by atoms with Gasteiger partial charge in [-0.25, -0.2) is 21.8 Å². The lowest BCUT2D eigenvalue weighted by atomic mass is 10.5. The fraction of sp³-hybridized carbons (Fsp3) is 0.364. The Morgan fingerprint density at radius 3 is 2.52 bits per heavy atom. The molecule has 1 aliphatic rings. The van der Waals surface area contributed by atoms with Gasteiger partial charge in [-0.15, -0.1) is 0 Å². The molecule has 21 heavy (non-hydrogen) atoms. The van der Waals surface area contributed by atoms with E-state index in [2.05, 4.69) is 4.98 Å². The number of pyridine rings is 1. The third kappa shape index (κ3) is 2.39. The predicted molar refractivity (Wildman–Crippen MR) is 77.0 cm³/mol. The molecule has 10 heteroatoms. The van der Waals surface area contributed by atoms with Gasteiger partial charge in [-0.3, -0.25) is 4.40 Å². The number of anilines is 1. The van der Waals surface area contributed by atoms with E-state index in [0.717, 1.165) is 4.31 Å². The summed E-state index contributed by atoms with van der Waals surface area (Å²) in [6.45, 7) is -0.131. The zero-order valence-electron chi connectivity index (χ0n) is 11.0. The van der Waals surface area contributed by atoms with Gasteiger partial charge in [-0.05, 0) is 12.1 Å². The average molecular weight is 330 g/mol. The summed E-state index contributed by atoms with van der Waals surface area (Å²) in [7, 11) is -7.04. The maximum atomic E-state index is 12.7. The molecule has 0 aliphatic carbocycles. The number of fused-ring (bicyclic) bond motifs is 1. The molecule has 0 amide bonds. The molecular weight excluding hydrogens is 316 g/mol. The van der Waals surface area contributed by atoms with E-state index in [-0.39, 0.29) is 35.4 Å². The molecule has 8 nitrogen and oxygen atoms in total. The Balaban J connectivity index is 2.07. The van der Waals surface area contributed by atoms with Crippen molar-refractivity contribution in [1.82, 2.24) is 13.7 Å². The van der Waals surface area contributed by atoms with Gasteiger partial charge in [0.05, 0.1) is 11.5 Å². The molecule has 3 rings (SSSR count). The minimum atomic E-state index is -3.88. The van der Waals surface area contributed by atoms with Gasteiger partial charge in [0.15, 0.2) is 20.7 Å². The van der Waals surface area contributed by atoms with E-state index in [1.807, 2.05) is 0 Å². The highest BCUT2D eigenvalue weighted by Gasteiger charge is 2.34. The minimum absolute atomic E-state index is 0.0653. The number of imidazole rings is 1. The van der Waals surface area contributed by atoms with Gasteiger partial charge in [0, 0.05) is 19.3 Å². The first kappa shape index (κ1) is 14.3. The number of nitrogens with two attached hydrogens (primary N) is 1. The highest BCUT2D eigenvalue weighted by Crippen LogP contribution is 2.24. The summed E-state index contributed by atoms with van der Waals surface area (Å²) < 4.78 is 50.8. The molecule has 1 fully saturated rings. The van der Waals surface area contributed by atoms with Crippen LogP contribution in [0.3, 0.4) is 0 Å². The Bertz CT molecular complexity index is 887. The molecule has 0 atom stereocenters. The van der Waals surface area contributed by atoms with Crippen molar-refractivity contribution in [3.63, 3.8) is 0 Å². The molecule has 1 saturated heterocycles. The third-order valence-electron chi connectivity index (χ3n) is 3.40. The number of hydrogen-bond acceptors (Lipinski definition) is 6. The van der Waals surface area contributed by atoms with Gasteiger partial charge in [0.25, 0.3) is 10.0 Å². The summed E-state index contributed by atoms with van der Waals surface area (Å²) in [5, 5.41) is -0.114. The molecule has 0 spiro atoms. The summed E-state index contributed by atoms with van der Waals surface area (Å²) in [5.41, 5.74) is 6.17. The van der Waals surface area contributed by atoms with Crippen LogP contribution in [0.15, 0.2) is 29.4 Å². The summed E-state index contributed by atoms with van der Waals surface area (Å²) >= 11 is 0. The molecule has 2 aromatic rings.